The van der Waals surface area contributed by atoms with Crippen LogP contribution in [0.25, 0.3) is 0 Å². The first-order valence-electron chi connectivity index (χ1n) is 5.31. The van der Waals surface area contributed by atoms with Crippen molar-refractivity contribution in [3.63, 3.8) is 0 Å². The van der Waals surface area contributed by atoms with Crippen LogP contribution in [0.3, 0.4) is 0 Å². The van der Waals surface area contributed by atoms with Crippen molar-refractivity contribution in [1.29, 1.82) is 0 Å². The highest BCUT2D eigenvalue weighted by Gasteiger charge is 2.25. The number of sulfonamides is 1. The van der Waals surface area contributed by atoms with Crippen LogP contribution in [0, 0.1) is 0 Å². The zero-order valence-corrected chi connectivity index (χ0v) is 13.1. The molecule has 10 heteroatoms. The lowest BCUT2D eigenvalue weighted by Gasteiger charge is -2.04. The van der Waals surface area contributed by atoms with Gasteiger partial charge in [-0.25, -0.2) is 22.9 Å². The summed E-state index contributed by atoms with van der Waals surface area (Å²) < 4.78 is 26.7. The van der Waals surface area contributed by atoms with Crippen LogP contribution in [-0.4, -0.2) is 31.0 Å². The molecule has 0 aliphatic rings. The second-order valence-electron chi connectivity index (χ2n) is 3.65. The SMILES string of the molecule is O=C(O)c1ncsc1S(=O)(=O)NCCc1ccc(Cl)s1. The predicted molar refractivity (Wildman–Crippen MR) is 77.3 cm³/mol. The Morgan fingerprint density at radius 3 is 2.80 bits per heavy atom. The Bertz CT molecular complexity index is 722. The van der Waals surface area contributed by atoms with Crippen molar-refractivity contribution >= 4 is 50.3 Å². The molecule has 0 spiro atoms. The minimum Gasteiger partial charge on any atom is -0.476 e. The van der Waals surface area contributed by atoms with E-state index >= 15 is 0 Å². The fraction of sp³-hybridized carbons (Fsp3) is 0.200. The maximum atomic E-state index is 12.0. The molecule has 0 aromatic carbocycles. The molecular weight excluding hydrogens is 344 g/mol. The highest BCUT2D eigenvalue weighted by atomic mass is 35.5. The minimum absolute atomic E-state index is 0.163. The second-order valence-corrected chi connectivity index (χ2v) is 8.26. The second kappa shape index (κ2) is 6.19. The quantitative estimate of drug-likeness (QED) is 0.829. The number of thiazole rings is 1. The maximum Gasteiger partial charge on any atom is 0.356 e. The van der Waals surface area contributed by atoms with E-state index in [-0.39, 0.29) is 10.8 Å². The lowest BCUT2D eigenvalue weighted by atomic mass is 10.3. The molecule has 0 radical (unpaired) electrons. The summed E-state index contributed by atoms with van der Waals surface area (Å²) in [5, 5.41) is 8.86. The van der Waals surface area contributed by atoms with Gasteiger partial charge in [-0.05, 0) is 18.6 Å². The molecule has 0 aliphatic heterocycles. The van der Waals surface area contributed by atoms with E-state index in [2.05, 4.69) is 9.71 Å². The monoisotopic (exact) mass is 352 g/mol. The average Bonchev–Trinajstić information content (AvgIpc) is 2.97. The van der Waals surface area contributed by atoms with Crippen molar-refractivity contribution in [1.82, 2.24) is 9.71 Å². The van der Waals surface area contributed by atoms with Gasteiger partial charge in [0.05, 0.1) is 9.85 Å². The summed E-state index contributed by atoms with van der Waals surface area (Å²) in [5.41, 5.74) is 0.735. The molecule has 20 heavy (non-hydrogen) atoms. The topological polar surface area (TPSA) is 96.4 Å². The van der Waals surface area contributed by atoms with E-state index in [1.54, 1.807) is 6.07 Å². The van der Waals surface area contributed by atoms with Crippen LogP contribution < -0.4 is 4.72 Å². The molecule has 0 saturated heterocycles. The number of rotatable bonds is 6. The summed E-state index contributed by atoms with van der Waals surface area (Å²) in [5.74, 6) is -1.36. The van der Waals surface area contributed by atoms with Gasteiger partial charge in [-0.15, -0.1) is 22.7 Å². The fourth-order valence-electron chi connectivity index (χ4n) is 1.43. The Morgan fingerprint density at radius 2 is 2.20 bits per heavy atom. The van der Waals surface area contributed by atoms with Gasteiger partial charge in [0.15, 0.2) is 9.90 Å². The molecule has 2 heterocycles. The number of hydrogen-bond acceptors (Lipinski definition) is 6. The van der Waals surface area contributed by atoms with E-state index in [9.17, 15) is 13.2 Å². The van der Waals surface area contributed by atoms with Gasteiger partial charge in [0.2, 0.25) is 0 Å². The molecule has 0 atom stereocenters. The fourth-order valence-corrected chi connectivity index (χ4v) is 4.73. The molecule has 2 N–H and O–H groups in total. The molecule has 0 amide bonds. The van der Waals surface area contributed by atoms with E-state index in [1.165, 1.54) is 16.8 Å². The van der Waals surface area contributed by atoms with E-state index in [1.807, 2.05) is 6.07 Å². The average molecular weight is 353 g/mol. The summed E-state index contributed by atoms with van der Waals surface area (Å²) >= 11 is 7.92. The zero-order valence-electron chi connectivity index (χ0n) is 9.87. The van der Waals surface area contributed by atoms with Gasteiger partial charge in [-0.3, -0.25) is 0 Å². The highest BCUT2D eigenvalue weighted by Crippen LogP contribution is 2.22. The van der Waals surface area contributed by atoms with Crippen molar-refractivity contribution in [3.8, 4) is 0 Å². The van der Waals surface area contributed by atoms with E-state index in [0.717, 1.165) is 16.2 Å². The van der Waals surface area contributed by atoms with E-state index in [0.29, 0.717) is 10.8 Å². The van der Waals surface area contributed by atoms with Gasteiger partial charge in [0, 0.05) is 11.4 Å². The third-order valence-corrected chi connectivity index (χ3v) is 6.40. The Hall–Kier alpha value is -1.000. The minimum atomic E-state index is -3.86. The zero-order chi connectivity index (χ0) is 14.8. The van der Waals surface area contributed by atoms with Crippen LogP contribution in [0.5, 0.6) is 0 Å². The Morgan fingerprint density at radius 1 is 1.45 bits per heavy atom. The molecule has 0 saturated carbocycles. The van der Waals surface area contributed by atoms with Crippen LogP contribution in [-0.2, 0) is 16.4 Å². The van der Waals surface area contributed by atoms with Crippen molar-refractivity contribution in [2.45, 2.75) is 10.6 Å². The Labute approximate surface area is 128 Å². The van der Waals surface area contributed by atoms with Crippen molar-refractivity contribution in [2.24, 2.45) is 0 Å². The highest BCUT2D eigenvalue weighted by molar-refractivity contribution is 7.91. The van der Waals surface area contributed by atoms with Crippen molar-refractivity contribution < 1.29 is 18.3 Å². The number of hydrogen-bond donors (Lipinski definition) is 2. The number of halogens is 1. The van der Waals surface area contributed by atoms with Crippen molar-refractivity contribution in [2.75, 3.05) is 6.54 Å². The van der Waals surface area contributed by atoms with Gasteiger partial charge in [0.25, 0.3) is 10.0 Å². The maximum absolute atomic E-state index is 12.0. The smallest absolute Gasteiger partial charge is 0.356 e. The van der Waals surface area contributed by atoms with E-state index < -0.39 is 21.7 Å². The molecule has 0 fully saturated rings. The first kappa shape index (κ1) is 15.4. The van der Waals surface area contributed by atoms with Crippen LogP contribution >= 0.6 is 34.3 Å². The number of carboxylic acid groups (broad SMARTS) is 1. The number of carboxylic acids is 1. The van der Waals surface area contributed by atoms with Crippen LogP contribution in [0.2, 0.25) is 4.34 Å². The van der Waals surface area contributed by atoms with Crippen LogP contribution in [0.4, 0.5) is 0 Å². The number of aromatic carboxylic acids is 1. The lowest BCUT2D eigenvalue weighted by molar-refractivity contribution is 0.0687. The predicted octanol–water partition coefficient (Wildman–Crippen LogP) is 2.08. The molecule has 6 nitrogen and oxygen atoms in total. The van der Waals surface area contributed by atoms with E-state index in [4.69, 9.17) is 16.7 Å². The molecule has 0 bridgehead atoms. The summed E-state index contributed by atoms with van der Waals surface area (Å²) in [6.07, 6.45) is 0.484. The Balaban J connectivity index is 2.04. The van der Waals surface area contributed by atoms with Gasteiger partial charge in [-0.1, -0.05) is 11.6 Å². The van der Waals surface area contributed by atoms with Gasteiger partial charge >= 0.3 is 5.97 Å². The first-order chi connectivity index (χ1) is 9.40. The molecule has 2 aromatic rings. The van der Waals surface area contributed by atoms with Gasteiger partial charge in [0.1, 0.15) is 0 Å². The van der Waals surface area contributed by atoms with Gasteiger partial charge in [-0.2, -0.15) is 0 Å². The number of aromatic nitrogens is 1. The summed E-state index contributed by atoms with van der Waals surface area (Å²) in [7, 11) is -3.86. The first-order valence-corrected chi connectivity index (χ1v) is 8.86. The lowest BCUT2D eigenvalue weighted by Crippen LogP contribution is -2.26. The Kier molecular flexibility index (Phi) is 4.76. The summed E-state index contributed by atoms with van der Waals surface area (Å²) in [6, 6.07) is 3.55. The number of carbonyl (C=O) groups is 1. The van der Waals surface area contributed by atoms with Crippen LogP contribution in [0.15, 0.2) is 21.9 Å². The largest absolute Gasteiger partial charge is 0.476 e. The van der Waals surface area contributed by atoms with Crippen molar-refractivity contribution in [3.05, 3.63) is 32.6 Å². The molecule has 2 rings (SSSR count). The summed E-state index contributed by atoms with van der Waals surface area (Å²) in [4.78, 5) is 15.3. The molecular formula is C10H9ClN2O4S3. The third kappa shape index (κ3) is 3.55. The standard InChI is InChI=1S/C10H9ClN2O4S3/c11-7-2-1-6(19-7)3-4-13-20(16,17)10-8(9(14)15)12-5-18-10/h1-2,5,13H,3-4H2,(H,14,15). The number of thiophene rings is 1. The number of nitrogens with one attached hydrogen (secondary N) is 1. The van der Waals surface area contributed by atoms with Crippen LogP contribution in [0.1, 0.15) is 15.4 Å². The molecule has 2 aromatic heterocycles. The molecule has 0 unspecified atom stereocenters. The molecule has 108 valence electrons. The normalized spacial score (nSPS) is 11.7. The van der Waals surface area contributed by atoms with Gasteiger partial charge < -0.3 is 5.11 Å². The summed E-state index contributed by atoms with van der Waals surface area (Å²) in [6.45, 7) is 0.163. The third-order valence-electron chi connectivity index (χ3n) is 2.27. The molecule has 0 aliphatic carbocycles. The number of nitrogens with zero attached hydrogens (tertiary/aromatic N) is 1.